The van der Waals surface area contributed by atoms with Crippen LogP contribution in [0.15, 0.2) is 18.3 Å². The van der Waals surface area contributed by atoms with E-state index in [0.717, 1.165) is 18.1 Å². The highest BCUT2D eigenvalue weighted by atomic mass is 16.5. The van der Waals surface area contributed by atoms with Crippen LogP contribution in [-0.2, 0) is 6.54 Å². The van der Waals surface area contributed by atoms with Crippen molar-refractivity contribution in [2.45, 2.75) is 31.8 Å². The fourth-order valence-electron chi connectivity index (χ4n) is 2.20. The second-order valence-electron chi connectivity index (χ2n) is 4.63. The number of piperidine rings is 1. The van der Waals surface area contributed by atoms with Crippen molar-refractivity contribution >= 4 is 0 Å². The number of ether oxygens (including phenoxy) is 1. The molecule has 0 aliphatic carbocycles. The molecular formula is C13H21N3O. The minimum atomic E-state index is 0.459. The van der Waals surface area contributed by atoms with Gasteiger partial charge in [-0.1, -0.05) is 6.42 Å². The van der Waals surface area contributed by atoms with Gasteiger partial charge in [0.05, 0.1) is 5.69 Å². The molecule has 0 saturated carbocycles. The molecule has 0 radical (unpaired) electrons. The highest BCUT2D eigenvalue weighted by Crippen LogP contribution is 2.17. The van der Waals surface area contributed by atoms with Crippen molar-refractivity contribution in [3.05, 3.63) is 24.0 Å². The van der Waals surface area contributed by atoms with Crippen molar-refractivity contribution in [1.29, 1.82) is 0 Å². The molecule has 0 amide bonds. The van der Waals surface area contributed by atoms with E-state index in [9.17, 15) is 0 Å². The van der Waals surface area contributed by atoms with Gasteiger partial charge in [0.15, 0.2) is 0 Å². The van der Waals surface area contributed by atoms with Gasteiger partial charge in [-0.2, -0.15) is 0 Å². The molecule has 0 spiro atoms. The first-order valence-corrected chi connectivity index (χ1v) is 6.27. The van der Waals surface area contributed by atoms with Gasteiger partial charge in [0.1, 0.15) is 12.4 Å². The van der Waals surface area contributed by atoms with E-state index >= 15 is 0 Å². The van der Waals surface area contributed by atoms with Crippen LogP contribution in [0.5, 0.6) is 5.75 Å². The molecule has 1 aliphatic heterocycles. The smallest absolute Gasteiger partial charge is 0.122 e. The summed E-state index contributed by atoms with van der Waals surface area (Å²) in [4.78, 5) is 6.54. The summed E-state index contributed by atoms with van der Waals surface area (Å²) in [5.41, 5.74) is 6.43. The van der Waals surface area contributed by atoms with Crippen LogP contribution in [0.4, 0.5) is 0 Å². The van der Waals surface area contributed by atoms with Crippen LogP contribution in [0.25, 0.3) is 0 Å². The molecule has 0 aromatic carbocycles. The highest BCUT2D eigenvalue weighted by molar-refractivity contribution is 5.22. The fraction of sp³-hybridized carbons (Fsp3) is 0.615. The van der Waals surface area contributed by atoms with E-state index in [1.807, 2.05) is 12.1 Å². The number of hydrogen-bond donors (Lipinski definition) is 1. The molecule has 2 N–H and O–H groups in total. The van der Waals surface area contributed by atoms with Gasteiger partial charge in [-0.3, -0.25) is 4.98 Å². The SMILES string of the molecule is CN1CCCCC1COc1ccnc(CN)c1. The second kappa shape index (κ2) is 5.98. The lowest BCUT2D eigenvalue weighted by Gasteiger charge is -2.32. The predicted molar refractivity (Wildman–Crippen MR) is 67.9 cm³/mol. The summed E-state index contributed by atoms with van der Waals surface area (Å²) in [7, 11) is 2.17. The zero-order valence-electron chi connectivity index (χ0n) is 10.4. The highest BCUT2D eigenvalue weighted by Gasteiger charge is 2.19. The molecule has 2 heterocycles. The van der Waals surface area contributed by atoms with Crippen molar-refractivity contribution in [2.24, 2.45) is 5.73 Å². The Hall–Kier alpha value is -1.13. The van der Waals surface area contributed by atoms with Crippen LogP contribution in [0, 0.1) is 0 Å². The molecule has 17 heavy (non-hydrogen) atoms. The first kappa shape index (κ1) is 12.3. The van der Waals surface area contributed by atoms with Crippen molar-refractivity contribution < 1.29 is 4.74 Å². The van der Waals surface area contributed by atoms with Crippen LogP contribution < -0.4 is 10.5 Å². The molecule has 1 saturated heterocycles. The number of rotatable bonds is 4. The molecule has 94 valence electrons. The van der Waals surface area contributed by atoms with Crippen molar-refractivity contribution in [3.63, 3.8) is 0 Å². The quantitative estimate of drug-likeness (QED) is 0.857. The Labute approximate surface area is 103 Å². The lowest BCUT2D eigenvalue weighted by Crippen LogP contribution is -2.40. The van der Waals surface area contributed by atoms with Gasteiger partial charge in [0.2, 0.25) is 0 Å². The summed E-state index contributed by atoms with van der Waals surface area (Å²) in [6.07, 6.45) is 5.59. The fourth-order valence-corrected chi connectivity index (χ4v) is 2.20. The topological polar surface area (TPSA) is 51.4 Å². The normalized spacial score (nSPS) is 21.4. The zero-order chi connectivity index (χ0) is 12.1. The zero-order valence-corrected chi connectivity index (χ0v) is 10.4. The van der Waals surface area contributed by atoms with Crippen molar-refractivity contribution in [2.75, 3.05) is 20.2 Å². The largest absolute Gasteiger partial charge is 0.492 e. The molecule has 4 nitrogen and oxygen atoms in total. The van der Waals surface area contributed by atoms with Crippen molar-refractivity contribution in [1.82, 2.24) is 9.88 Å². The van der Waals surface area contributed by atoms with Gasteiger partial charge in [0, 0.05) is 24.8 Å². The van der Waals surface area contributed by atoms with Crippen molar-refractivity contribution in [3.8, 4) is 5.75 Å². The van der Waals surface area contributed by atoms with Crippen LogP contribution in [0.1, 0.15) is 25.0 Å². The van der Waals surface area contributed by atoms with Crippen LogP contribution >= 0.6 is 0 Å². The lowest BCUT2D eigenvalue weighted by atomic mass is 10.0. The molecule has 1 aliphatic rings. The maximum Gasteiger partial charge on any atom is 0.122 e. The summed E-state index contributed by atoms with van der Waals surface area (Å²) in [5.74, 6) is 0.874. The molecule has 1 aromatic rings. The molecule has 4 heteroatoms. The first-order valence-electron chi connectivity index (χ1n) is 6.27. The standard InChI is InChI=1S/C13H21N3O/c1-16-7-3-2-4-12(16)10-17-13-5-6-15-11(8-13)9-14/h5-6,8,12H,2-4,7,9-10,14H2,1H3. The number of nitrogens with zero attached hydrogens (tertiary/aromatic N) is 2. The van der Waals surface area contributed by atoms with Gasteiger partial charge in [-0.05, 0) is 32.5 Å². The maximum absolute atomic E-state index is 5.82. The van der Waals surface area contributed by atoms with Gasteiger partial charge < -0.3 is 15.4 Å². The molecule has 1 unspecified atom stereocenters. The minimum absolute atomic E-state index is 0.459. The van der Waals surface area contributed by atoms with E-state index in [1.54, 1.807) is 6.20 Å². The summed E-state index contributed by atoms with van der Waals surface area (Å²) in [5, 5.41) is 0. The molecule has 0 bridgehead atoms. The van der Waals surface area contributed by atoms with Gasteiger partial charge in [-0.25, -0.2) is 0 Å². The number of hydrogen-bond acceptors (Lipinski definition) is 4. The number of likely N-dealkylation sites (N-methyl/N-ethyl adjacent to an activating group) is 1. The Kier molecular flexibility index (Phi) is 4.34. The number of likely N-dealkylation sites (tertiary alicyclic amines) is 1. The van der Waals surface area contributed by atoms with E-state index in [-0.39, 0.29) is 0 Å². The summed E-state index contributed by atoms with van der Waals surface area (Å²) >= 11 is 0. The maximum atomic E-state index is 5.82. The van der Waals surface area contributed by atoms with Crippen LogP contribution in [-0.4, -0.2) is 36.1 Å². The van der Waals surface area contributed by atoms with E-state index in [2.05, 4.69) is 16.9 Å². The number of nitrogens with two attached hydrogens (primary N) is 1. The molecule has 1 atom stereocenters. The lowest BCUT2D eigenvalue weighted by molar-refractivity contribution is 0.125. The van der Waals surface area contributed by atoms with Crippen LogP contribution in [0.3, 0.4) is 0 Å². The average molecular weight is 235 g/mol. The Bertz CT molecular complexity index is 356. The van der Waals surface area contributed by atoms with E-state index in [1.165, 1.54) is 25.8 Å². The van der Waals surface area contributed by atoms with E-state index < -0.39 is 0 Å². The average Bonchev–Trinajstić information content (AvgIpc) is 2.38. The third kappa shape index (κ3) is 3.41. The summed E-state index contributed by atoms with van der Waals surface area (Å²) in [6.45, 7) is 2.39. The molecule has 1 aromatic heterocycles. The van der Waals surface area contributed by atoms with Gasteiger partial charge >= 0.3 is 0 Å². The molecule has 1 fully saturated rings. The van der Waals surface area contributed by atoms with E-state index in [0.29, 0.717) is 12.6 Å². The third-order valence-corrected chi connectivity index (χ3v) is 3.36. The Morgan fingerprint density at radius 3 is 3.18 bits per heavy atom. The van der Waals surface area contributed by atoms with Gasteiger partial charge in [0.25, 0.3) is 0 Å². The Morgan fingerprint density at radius 2 is 2.41 bits per heavy atom. The van der Waals surface area contributed by atoms with E-state index in [4.69, 9.17) is 10.5 Å². The monoisotopic (exact) mass is 235 g/mol. The Balaban J connectivity index is 1.88. The Morgan fingerprint density at radius 1 is 1.53 bits per heavy atom. The summed E-state index contributed by atoms with van der Waals surface area (Å²) in [6, 6.07) is 4.35. The summed E-state index contributed by atoms with van der Waals surface area (Å²) < 4.78 is 5.82. The van der Waals surface area contributed by atoms with Crippen LogP contribution in [0.2, 0.25) is 0 Å². The number of aromatic nitrogens is 1. The first-order chi connectivity index (χ1) is 8.29. The molecule has 2 rings (SSSR count). The third-order valence-electron chi connectivity index (χ3n) is 3.36. The second-order valence-corrected chi connectivity index (χ2v) is 4.63. The minimum Gasteiger partial charge on any atom is -0.492 e. The van der Waals surface area contributed by atoms with Gasteiger partial charge in [-0.15, -0.1) is 0 Å². The predicted octanol–water partition coefficient (Wildman–Crippen LogP) is 1.40. The molecular weight excluding hydrogens is 214 g/mol. The number of pyridine rings is 1.